The van der Waals surface area contributed by atoms with Gasteiger partial charge in [0.2, 0.25) is 5.91 Å². The molecule has 4 atom stereocenters. The zero-order valence-corrected chi connectivity index (χ0v) is 11.8. The van der Waals surface area contributed by atoms with E-state index < -0.39 is 17.8 Å². The standard InChI is InChI=1S/C15H17NO3S/c17-14(16-8-11-2-1-7-20-11)12-9-3-5-10(6-4-9)13(12)15(18)19/h1-3,5,7,9-10,12-13H,4,6,8H2,(H,16,17)(H,18,19)/t9-,10-,12-,13-/m0/s1. The van der Waals surface area contributed by atoms with E-state index in [1.54, 1.807) is 11.3 Å². The van der Waals surface area contributed by atoms with Crippen LogP contribution in [0.1, 0.15) is 17.7 Å². The molecule has 3 aliphatic rings. The summed E-state index contributed by atoms with van der Waals surface area (Å²) in [6, 6.07) is 3.91. The van der Waals surface area contributed by atoms with Crippen molar-refractivity contribution in [3.8, 4) is 0 Å². The fourth-order valence-corrected chi connectivity index (χ4v) is 4.04. The second-order valence-corrected chi connectivity index (χ2v) is 6.51. The van der Waals surface area contributed by atoms with Crippen LogP contribution in [0.5, 0.6) is 0 Å². The van der Waals surface area contributed by atoms with Crippen LogP contribution in [0, 0.1) is 23.7 Å². The van der Waals surface area contributed by atoms with E-state index in [0.29, 0.717) is 6.54 Å². The fraction of sp³-hybridized carbons (Fsp3) is 0.467. The molecule has 5 heteroatoms. The Morgan fingerprint density at radius 3 is 2.50 bits per heavy atom. The van der Waals surface area contributed by atoms with Crippen LogP contribution in [-0.4, -0.2) is 17.0 Å². The van der Waals surface area contributed by atoms with Crippen LogP contribution >= 0.6 is 11.3 Å². The minimum absolute atomic E-state index is 0.00925. The molecule has 0 radical (unpaired) electrons. The van der Waals surface area contributed by atoms with Crippen molar-refractivity contribution in [3.05, 3.63) is 34.5 Å². The van der Waals surface area contributed by atoms with E-state index in [2.05, 4.69) is 5.32 Å². The molecule has 0 aliphatic heterocycles. The molecular formula is C15H17NO3S. The molecular weight excluding hydrogens is 274 g/mol. The highest BCUT2D eigenvalue weighted by atomic mass is 32.1. The lowest BCUT2D eigenvalue weighted by Crippen LogP contribution is -2.48. The summed E-state index contributed by atoms with van der Waals surface area (Å²) in [6.45, 7) is 0.487. The molecule has 0 saturated heterocycles. The largest absolute Gasteiger partial charge is 0.481 e. The van der Waals surface area contributed by atoms with Gasteiger partial charge in [-0.05, 0) is 36.1 Å². The summed E-state index contributed by atoms with van der Waals surface area (Å²) < 4.78 is 0. The second kappa shape index (κ2) is 5.40. The van der Waals surface area contributed by atoms with E-state index in [-0.39, 0.29) is 17.7 Å². The molecule has 1 heterocycles. The third-order valence-electron chi connectivity index (χ3n) is 4.35. The van der Waals surface area contributed by atoms with Gasteiger partial charge >= 0.3 is 5.97 Å². The molecule has 0 spiro atoms. The number of carboxylic acid groups (broad SMARTS) is 1. The Balaban J connectivity index is 1.72. The Labute approximate surface area is 121 Å². The Hall–Kier alpha value is -1.62. The Morgan fingerprint density at radius 2 is 1.95 bits per heavy atom. The van der Waals surface area contributed by atoms with E-state index in [0.717, 1.165) is 17.7 Å². The van der Waals surface area contributed by atoms with Crippen LogP contribution in [0.3, 0.4) is 0 Å². The molecule has 0 aromatic carbocycles. The average molecular weight is 291 g/mol. The zero-order valence-electron chi connectivity index (χ0n) is 11.0. The number of nitrogens with one attached hydrogen (secondary N) is 1. The van der Waals surface area contributed by atoms with E-state index in [1.165, 1.54) is 0 Å². The second-order valence-electron chi connectivity index (χ2n) is 5.48. The normalized spacial score (nSPS) is 31.2. The van der Waals surface area contributed by atoms with Crippen molar-refractivity contribution in [2.24, 2.45) is 23.7 Å². The number of allylic oxidation sites excluding steroid dienone is 2. The minimum Gasteiger partial charge on any atom is -0.481 e. The molecule has 1 aromatic heterocycles. The van der Waals surface area contributed by atoms with E-state index in [1.807, 2.05) is 29.7 Å². The molecule has 1 saturated carbocycles. The first-order chi connectivity index (χ1) is 9.66. The van der Waals surface area contributed by atoms with Crippen molar-refractivity contribution in [1.82, 2.24) is 5.32 Å². The predicted octanol–water partition coefficient (Wildman–Crippen LogP) is 2.28. The molecule has 4 rings (SSSR count). The maximum absolute atomic E-state index is 12.4. The number of hydrogen-bond donors (Lipinski definition) is 2. The summed E-state index contributed by atoms with van der Waals surface area (Å²) in [5.74, 6) is -1.87. The zero-order chi connectivity index (χ0) is 14.1. The van der Waals surface area contributed by atoms with Crippen LogP contribution in [0.15, 0.2) is 29.7 Å². The van der Waals surface area contributed by atoms with Gasteiger partial charge in [0.25, 0.3) is 0 Å². The van der Waals surface area contributed by atoms with E-state index in [9.17, 15) is 14.7 Å². The number of aliphatic carboxylic acids is 1. The smallest absolute Gasteiger partial charge is 0.307 e. The molecule has 0 unspecified atom stereocenters. The lowest BCUT2D eigenvalue weighted by molar-refractivity contribution is -0.153. The summed E-state index contributed by atoms with van der Waals surface area (Å²) in [7, 11) is 0. The summed E-state index contributed by atoms with van der Waals surface area (Å²) >= 11 is 1.59. The molecule has 2 N–H and O–H groups in total. The molecule has 1 fully saturated rings. The molecule has 20 heavy (non-hydrogen) atoms. The number of hydrogen-bond acceptors (Lipinski definition) is 3. The lowest BCUT2D eigenvalue weighted by Gasteiger charge is -2.41. The monoisotopic (exact) mass is 291 g/mol. The SMILES string of the molecule is O=C(O)[C@@H]1[C@@H](C(=O)NCc2cccs2)[C@H]2C=C[C@H]1CC2. The summed E-state index contributed by atoms with van der Waals surface area (Å²) in [5.41, 5.74) is 0. The molecule has 1 aromatic rings. The van der Waals surface area contributed by atoms with Gasteiger partial charge in [-0.2, -0.15) is 0 Å². The molecule has 4 nitrogen and oxygen atoms in total. The third-order valence-corrected chi connectivity index (χ3v) is 5.23. The van der Waals surface area contributed by atoms with Gasteiger partial charge in [-0.15, -0.1) is 11.3 Å². The minimum atomic E-state index is -0.847. The van der Waals surface area contributed by atoms with Crippen molar-refractivity contribution in [1.29, 1.82) is 0 Å². The van der Waals surface area contributed by atoms with E-state index in [4.69, 9.17) is 0 Å². The summed E-state index contributed by atoms with van der Waals surface area (Å²) in [6.07, 6.45) is 5.81. The first kappa shape index (κ1) is 13.4. The summed E-state index contributed by atoms with van der Waals surface area (Å²) in [5, 5.41) is 14.3. The van der Waals surface area contributed by atoms with Crippen LogP contribution in [-0.2, 0) is 16.1 Å². The highest BCUT2D eigenvalue weighted by molar-refractivity contribution is 7.09. The first-order valence-corrected chi connectivity index (χ1v) is 7.76. The number of thiophene rings is 1. The maximum atomic E-state index is 12.4. The highest BCUT2D eigenvalue weighted by Gasteiger charge is 2.48. The fourth-order valence-electron chi connectivity index (χ4n) is 3.39. The Morgan fingerprint density at radius 1 is 1.25 bits per heavy atom. The van der Waals surface area contributed by atoms with Crippen LogP contribution in [0.2, 0.25) is 0 Å². The summed E-state index contributed by atoms with van der Waals surface area (Å²) in [4.78, 5) is 25.0. The predicted molar refractivity (Wildman–Crippen MR) is 76.1 cm³/mol. The van der Waals surface area contributed by atoms with Crippen molar-refractivity contribution in [2.45, 2.75) is 19.4 Å². The average Bonchev–Trinajstić information content (AvgIpc) is 2.98. The van der Waals surface area contributed by atoms with Crippen LogP contribution in [0.4, 0.5) is 0 Å². The molecule has 1 amide bonds. The van der Waals surface area contributed by atoms with Gasteiger partial charge in [0.05, 0.1) is 18.4 Å². The molecule has 2 bridgehead atoms. The number of fused-ring (bicyclic) bond motifs is 2. The van der Waals surface area contributed by atoms with Gasteiger partial charge in [0.1, 0.15) is 0 Å². The van der Waals surface area contributed by atoms with Gasteiger partial charge in [-0.3, -0.25) is 9.59 Å². The Kier molecular flexibility index (Phi) is 3.61. The Bertz CT molecular complexity index is 537. The number of carbonyl (C=O) groups is 2. The van der Waals surface area contributed by atoms with Gasteiger partial charge in [-0.1, -0.05) is 18.2 Å². The van der Waals surface area contributed by atoms with Crippen LogP contribution in [0.25, 0.3) is 0 Å². The van der Waals surface area contributed by atoms with Crippen LogP contribution < -0.4 is 5.32 Å². The lowest BCUT2D eigenvalue weighted by atomic mass is 9.62. The van der Waals surface area contributed by atoms with Gasteiger partial charge < -0.3 is 10.4 Å². The first-order valence-electron chi connectivity index (χ1n) is 6.88. The number of carboxylic acids is 1. The number of rotatable bonds is 4. The van der Waals surface area contributed by atoms with Crippen molar-refractivity contribution < 1.29 is 14.7 Å². The number of carbonyl (C=O) groups excluding carboxylic acids is 1. The quantitative estimate of drug-likeness (QED) is 0.836. The van der Waals surface area contributed by atoms with E-state index >= 15 is 0 Å². The van der Waals surface area contributed by atoms with Crippen molar-refractivity contribution in [2.75, 3.05) is 0 Å². The van der Waals surface area contributed by atoms with Crippen molar-refractivity contribution >= 4 is 23.2 Å². The number of amides is 1. The van der Waals surface area contributed by atoms with Gasteiger partial charge in [0, 0.05) is 4.88 Å². The van der Waals surface area contributed by atoms with Gasteiger partial charge in [0.15, 0.2) is 0 Å². The van der Waals surface area contributed by atoms with Gasteiger partial charge in [-0.25, -0.2) is 0 Å². The molecule has 106 valence electrons. The third kappa shape index (κ3) is 2.38. The highest BCUT2D eigenvalue weighted by Crippen LogP contribution is 2.45. The maximum Gasteiger partial charge on any atom is 0.307 e. The topological polar surface area (TPSA) is 66.4 Å². The van der Waals surface area contributed by atoms with Crippen molar-refractivity contribution in [3.63, 3.8) is 0 Å². The molecule has 3 aliphatic carbocycles.